The minimum Gasteiger partial charge on any atom is -0.344 e. The molecule has 1 aromatic rings. The van der Waals surface area contributed by atoms with Crippen LogP contribution in [0.4, 0.5) is 0 Å². The van der Waals surface area contributed by atoms with Gasteiger partial charge in [-0.05, 0) is 24.3 Å². The first kappa shape index (κ1) is 23.9. The SMILES string of the molecule is CCCCCCCCC(=O)NC(C(=O)NC(C=O)Cc1ccccc1)C(C)C. The van der Waals surface area contributed by atoms with Gasteiger partial charge in [-0.3, -0.25) is 9.59 Å². The Morgan fingerprint density at radius 3 is 2.21 bits per heavy atom. The van der Waals surface area contributed by atoms with Gasteiger partial charge in [-0.25, -0.2) is 0 Å². The van der Waals surface area contributed by atoms with Crippen LogP contribution >= 0.6 is 0 Å². The van der Waals surface area contributed by atoms with E-state index in [4.69, 9.17) is 0 Å². The maximum Gasteiger partial charge on any atom is 0.243 e. The first-order valence-corrected chi connectivity index (χ1v) is 10.6. The summed E-state index contributed by atoms with van der Waals surface area (Å²) in [5.74, 6) is -0.466. The Bertz CT molecular complexity index is 587. The zero-order valence-corrected chi connectivity index (χ0v) is 17.6. The summed E-state index contributed by atoms with van der Waals surface area (Å²) in [6.07, 6.45) is 8.31. The molecule has 0 saturated heterocycles. The first-order valence-electron chi connectivity index (χ1n) is 10.6. The summed E-state index contributed by atoms with van der Waals surface area (Å²) in [5, 5.41) is 5.62. The molecule has 0 aliphatic rings. The van der Waals surface area contributed by atoms with E-state index in [0.717, 1.165) is 31.1 Å². The van der Waals surface area contributed by atoms with E-state index in [2.05, 4.69) is 17.6 Å². The molecule has 28 heavy (non-hydrogen) atoms. The lowest BCUT2D eigenvalue weighted by Gasteiger charge is -2.23. The molecule has 0 aliphatic carbocycles. The summed E-state index contributed by atoms with van der Waals surface area (Å²) in [6.45, 7) is 5.96. The average molecular weight is 389 g/mol. The van der Waals surface area contributed by atoms with Crippen LogP contribution in [-0.2, 0) is 20.8 Å². The van der Waals surface area contributed by atoms with Crippen LogP contribution in [0.3, 0.4) is 0 Å². The van der Waals surface area contributed by atoms with E-state index in [1.54, 1.807) is 0 Å². The Hall–Kier alpha value is -2.17. The maximum absolute atomic E-state index is 12.6. The van der Waals surface area contributed by atoms with Gasteiger partial charge >= 0.3 is 0 Å². The monoisotopic (exact) mass is 388 g/mol. The van der Waals surface area contributed by atoms with E-state index in [0.29, 0.717) is 12.8 Å². The van der Waals surface area contributed by atoms with Crippen molar-refractivity contribution >= 4 is 18.1 Å². The smallest absolute Gasteiger partial charge is 0.243 e. The van der Waals surface area contributed by atoms with Crippen molar-refractivity contribution in [2.24, 2.45) is 5.92 Å². The second-order valence-electron chi connectivity index (χ2n) is 7.75. The lowest BCUT2D eigenvalue weighted by molar-refractivity contribution is -0.131. The number of aldehydes is 1. The Balaban J connectivity index is 2.48. The molecule has 2 atom stereocenters. The van der Waals surface area contributed by atoms with Gasteiger partial charge in [-0.2, -0.15) is 0 Å². The highest BCUT2D eigenvalue weighted by molar-refractivity contribution is 5.89. The molecule has 1 aromatic carbocycles. The van der Waals surface area contributed by atoms with Gasteiger partial charge in [0.1, 0.15) is 12.3 Å². The zero-order chi connectivity index (χ0) is 20.8. The third-order valence-electron chi connectivity index (χ3n) is 4.81. The molecule has 0 saturated carbocycles. The number of rotatable bonds is 14. The average Bonchev–Trinajstić information content (AvgIpc) is 2.68. The Morgan fingerprint density at radius 1 is 0.964 bits per heavy atom. The van der Waals surface area contributed by atoms with Crippen LogP contribution < -0.4 is 10.6 Å². The van der Waals surface area contributed by atoms with Crippen LogP contribution in [0.2, 0.25) is 0 Å². The Kier molecular flexibility index (Phi) is 11.9. The molecule has 2 amide bonds. The molecule has 1 rings (SSSR count). The largest absolute Gasteiger partial charge is 0.344 e. The van der Waals surface area contributed by atoms with Gasteiger partial charge in [0.05, 0.1) is 6.04 Å². The normalized spacial score (nSPS) is 13.0. The number of unbranched alkanes of at least 4 members (excludes halogenated alkanes) is 5. The molecule has 2 unspecified atom stereocenters. The van der Waals surface area contributed by atoms with Crippen molar-refractivity contribution in [2.75, 3.05) is 0 Å². The van der Waals surface area contributed by atoms with Gasteiger partial charge in [0.2, 0.25) is 11.8 Å². The summed E-state index contributed by atoms with van der Waals surface area (Å²) >= 11 is 0. The predicted molar refractivity (Wildman–Crippen MR) is 113 cm³/mol. The number of carbonyl (C=O) groups excluding carboxylic acids is 3. The Labute approximate surface area is 169 Å². The van der Waals surface area contributed by atoms with E-state index >= 15 is 0 Å². The Morgan fingerprint density at radius 2 is 1.61 bits per heavy atom. The molecular weight excluding hydrogens is 352 g/mol. The third kappa shape index (κ3) is 9.67. The van der Waals surface area contributed by atoms with Crippen LogP contribution in [-0.4, -0.2) is 30.2 Å². The highest BCUT2D eigenvalue weighted by Gasteiger charge is 2.26. The van der Waals surface area contributed by atoms with Gasteiger partial charge in [-0.15, -0.1) is 0 Å². The van der Waals surface area contributed by atoms with E-state index in [1.807, 2.05) is 44.2 Å². The van der Waals surface area contributed by atoms with Gasteiger partial charge in [0.15, 0.2) is 0 Å². The molecule has 2 N–H and O–H groups in total. The van der Waals surface area contributed by atoms with Crippen LogP contribution in [0.15, 0.2) is 30.3 Å². The van der Waals surface area contributed by atoms with E-state index in [1.165, 1.54) is 19.3 Å². The van der Waals surface area contributed by atoms with Crippen LogP contribution in [0.25, 0.3) is 0 Å². The minimum absolute atomic E-state index is 0.0578. The third-order valence-corrected chi connectivity index (χ3v) is 4.81. The van der Waals surface area contributed by atoms with Crippen molar-refractivity contribution in [3.8, 4) is 0 Å². The predicted octanol–water partition coefficient (Wildman–Crippen LogP) is 3.80. The second-order valence-corrected chi connectivity index (χ2v) is 7.75. The van der Waals surface area contributed by atoms with E-state index in [9.17, 15) is 14.4 Å². The molecule has 0 aromatic heterocycles. The molecule has 0 aliphatic heterocycles. The fraction of sp³-hybridized carbons (Fsp3) is 0.609. The summed E-state index contributed by atoms with van der Waals surface area (Å²) in [5.41, 5.74) is 0.980. The topological polar surface area (TPSA) is 75.3 Å². The van der Waals surface area contributed by atoms with Gasteiger partial charge < -0.3 is 15.4 Å². The quantitative estimate of drug-likeness (QED) is 0.376. The molecule has 0 heterocycles. The lowest BCUT2D eigenvalue weighted by Crippen LogP contribution is -2.52. The second kappa shape index (κ2) is 13.9. The number of carbonyl (C=O) groups is 3. The molecule has 156 valence electrons. The van der Waals surface area contributed by atoms with Crippen molar-refractivity contribution in [1.29, 1.82) is 0 Å². The van der Waals surface area contributed by atoms with Crippen molar-refractivity contribution in [1.82, 2.24) is 10.6 Å². The minimum atomic E-state index is -0.634. The molecule has 0 bridgehead atoms. The standard InChI is InChI=1S/C23H36N2O3/c1-4-5-6-7-8-12-15-21(27)25-22(18(2)3)23(28)24-20(17-26)16-19-13-10-9-11-14-19/h9-11,13-14,17-18,20,22H,4-8,12,15-16H2,1-3H3,(H,24,28)(H,25,27). The number of amides is 2. The zero-order valence-electron chi connectivity index (χ0n) is 17.6. The maximum atomic E-state index is 12.6. The van der Waals surface area contributed by atoms with Crippen molar-refractivity contribution < 1.29 is 14.4 Å². The van der Waals surface area contributed by atoms with Crippen LogP contribution in [0.1, 0.15) is 71.3 Å². The summed E-state index contributed by atoms with van der Waals surface area (Å²) in [6, 6.07) is 8.32. The van der Waals surface area contributed by atoms with Crippen molar-refractivity contribution in [3.05, 3.63) is 35.9 Å². The van der Waals surface area contributed by atoms with E-state index < -0.39 is 12.1 Å². The number of nitrogens with one attached hydrogen (secondary N) is 2. The van der Waals surface area contributed by atoms with Crippen molar-refractivity contribution in [2.45, 2.75) is 84.2 Å². The number of benzene rings is 1. The van der Waals surface area contributed by atoms with Crippen LogP contribution in [0.5, 0.6) is 0 Å². The summed E-state index contributed by atoms with van der Waals surface area (Å²) < 4.78 is 0. The molecular formula is C23H36N2O3. The fourth-order valence-electron chi connectivity index (χ4n) is 3.12. The van der Waals surface area contributed by atoms with Crippen LogP contribution in [0, 0.1) is 5.92 Å². The van der Waals surface area contributed by atoms with Crippen molar-refractivity contribution in [3.63, 3.8) is 0 Å². The highest BCUT2D eigenvalue weighted by Crippen LogP contribution is 2.09. The molecule has 5 heteroatoms. The highest BCUT2D eigenvalue weighted by atomic mass is 16.2. The van der Waals surface area contributed by atoms with Gasteiger partial charge in [0, 0.05) is 6.42 Å². The first-order chi connectivity index (χ1) is 13.5. The fourth-order valence-corrected chi connectivity index (χ4v) is 3.12. The molecule has 0 spiro atoms. The summed E-state index contributed by atoms with van der Waals surface area (Å²) in [4.78, 5) is 36.3. The molecule has 0 radical (unpaired) electrons. The van der Waals surface area contributed by atoms with Gasteiger partial charge in [0.25, 0.3) is 0 Å². The number of hydrogen-bond acceptors (Lipinski definition) is 3. The van der Waals surface area contributed by atoms with E-state index in [-0.39, 0.29) is 17.7 Å². The molecule has 0 fully saturated rings. The van der Waals surface area contributed by atoms with Gasteiger partial charge in [-0.1, -0.05) is 83.2 Å². The lowest BCUT2D eigenvalue weighted by atomic mass is 10.0. The summed E-state index contributed by atoms with van der Waals surface area (Å²) in [7, 11) is 0. The molecule has 5 nitrogen and oxygen atoms in total. The number of hydrogen-bond donors (Lipinski definition) is 2.